The molecule has 1 aromatic heterocycles. The van der Waals surface area contributed by atoms with E-state index in [9.17, 15) is 8.42 Å². The molecule has 118 valence electrons. The van der Waals surface area contributed by atoms with Crippen LogP contribution < -0.4 is 10.2 Å². The SMILES string of the molecule is CCNc1nc(C2CC2)nc(N(C)CCS(C)(=O)=O)c1C. The minimum atomic E-state index is -2.98. The summed E-state index contributed by atoms with van der Waals surface area (Å²) in [6, 6.07) is 0. The Morgan fingerprint density at radius 2 is 2.00 bits per heavy atom. The Morgan fingerprint density at radius 3 is 2.52 bits per heavy atom. The van der Waals surface area contributed by atoms with Crippen LogP contribution in [0.5, 0.6) is 0 Å². The molecule has 0 aromatic carbocycles. The number of hydrogen-bond donors (Lipinski definition) is 1. The Morgan fingerprint density at radius 1 is 1.33 bits per heavy atom. The van der Waals surface area contributed by atoms with Crippen molar-refractivity contribution in [2.24, 2.45) is 0 Å². The predicted molar refractivity (Wildman–Crippen MR) is 85.9 cm³/mol. The third kappa shape index (κ3) is 4.30. The van der Waals surface area contributed by atoms with Gasteiger partial charge in [-0.05, 0) is 26.7 Å². The highest BCUT2D eigenvalue weighted by atomic mass is 32.2. The molecule has 0 spiro atoms. The van der Waals surface area contributed by atoms with E-state index >= 15 is 0 Å². The van der Waals surface area contributed by atoms with Crippen molar-refractivity contribution in [3.05, 3.63) is 11.4 Å². The molecule has 1 heterocycles. The molecule has 1 aliphatic carbocycles. The second-order valence-corrected chi connectivity index (χ2v) is 7.99. The highest BCUT2D eigenvalue weighted by Crippen LogP contribution is 2.39. The van der Waals surface area contributed by atoms with E-state index < -0.39 is 9.84 Å². The van der Waals surface area contributed by atoms with Gasteiger partial charge >= 0.3 is 0 Å². The molecule has 0 amide bonds. The molecule has 0 bridgehead atoms. The number of nitrogens with zero attached hydrogens (tertiary/aromatic N) is 3. The van der Waals surface area contributed by atoms with Crippen molar-refractivity contribution in [2.75, 3.05) is 42.4 Å². The normalized spacial score (nSPS) is 15.0. The lowest BCUT2D eigenvalue weighted by Gasteiger charge is -2.22. The maximum atomic E-state index is 11.3. The van der Waals surface area contributed by atoms with E-state index in [0.717, 1.165) is 42.4 Å². The Labute approximate surface area is 126 Å². The summed E-state index contributed by atoms with van der Waals surface area (Å²) in [4.78, 5) is 11.2. The summed E-state index contributed by atoms with van der Waals surface area (Å²) in [5, 5.41) is 3.27. The molecule has 0 radical (unpaired) electrons. The lowest BCUT2D eigenvalue weighted by atomic mass is 10.2. The van der Waals surface area contributed by atoms with Gasteiger partial charge in [0, 0.05) is 37.9 Å². The second kappa shape index (κ2) is 6.17. The molecule has 1 aliphatic rings. The Bertz CT molecular complexity index is 612. The first-order valence-electron chi connectivity index (χ1n) is 7.33. The first-order chi connectivity index (χ1) is 9.81. The first-order valence-corrected chi connectivity index (χ1v) is 9.39. The average molecular weight is 312 g/mol. The molecular weight excluding hydrogens is 288 g/mol. The fourth-order valence-corrected chi connectivity index (χ4v) is 2.77. The molecule has 0 atom stereocenters. The smallest absolute Gasteiger partial charge is 0.149 e. The zero-order valence-corrected chi connectivity index (χ0v) is 14.0. The third-order valence-electron chi connectivity index (χ3n) is 3.58. The molecule has 1 fully saturated rings. The first kappa shape index (κ1) is 16.0. The van der Waals surface area contributed by atoms with Crippen LogP contribution in [0.2, 0.25) is 0 Å². The van der Waals surface area contributed by atoms with Crippen molar-refractivity contribution < 1.29 is 8.42 Å². The van der Waals surface area contributed by atoms with Crippen molar-refractivity contribution in [3.8, 4) is 0 Å². The van der Waals surface area contributed by atoms with Crippen LogP contribution in [0.1, 0.15) is 37.1 Å². The van der Waals surface area contributed by atoms with Gasteiger partial charge in [0.1, 0.15) is 27.3 Å². The molecule has 6 nitrogen and oxygen atoms in total. The molecule has 0 unspecified atom stereocenters. The molecule has 2 rings (SSSR count). The summed E-state index contributed by atoms with van der Waals surface area (Å²) in [7, 11) is -1.09. The van der Waals surface area contributed by atoms with Gasteiger partial charge in [0.2, 0.25) is 0 Å². The lowest BCUT2D eigenvalue weighted by molar-refractivity contribution is 0.601. The highest BCUT2D eigenvalue weighted by Gasteiger charge is 2.28. The van der Waals surface area contributed by atoms with Crippen molar-refractivity contribution in [1.82, 2.24) is 9.97 Å². The summed E-state index contributed by atoms with van der Waals surface area (Å²) >= 11 is 0. The van der Waals surface area contributed by atoms with Crippen LogP contribution >= 0.6 is 0 Å². The van der Waals surface area contributed by atoms with Gasteiger partial charge in [-0.15, -0.1) is 0 Å². The number of sulfone groups is 1. The summed E-state index contributed by atoms with van der Waals surface area (Å²) in [6.07, 6.45) is 3.54. The molecule has 7 heteroatoms. The highest BCUT2D eigenvalue weighted by molar-refractivity contribution is 7.90. The van der Waals surface area contributed by atoms with Crippen LogP contribution in [0.15, 0.2) is 0 Å². The quantitative estimate of drug-likeness (QED) is 0.824. The largest absolute Gasteiger partial charge is 0.370 e. The van der Waals surface area contributed by atoms with Crippen LogP contribution in [-0.4, -0.2) is 50.5 Å². The van der Waals surface area contributed by atoms with Crippen LogP contribution in [0.4, 0.5) is 11.6 Å². The van der Waals surface area contributed by atoms with Gasteiger partial charge in [-0.1, -0.05) is 0 Å². The van der Waals surface area contributed by atoms with E-state index in [-0.39, 0.29) is 5.75 Å². The summed E-state index contributed by atoms with van der Waals surface area (Å²) in [5.41, 5.74) is 0.970. The maximum Gasteiger partial charge on any atom is 0.149 e. The molecule has 21 heavy (non-hydrogen) atoms. The second-order valence-electron chi connectivity index (χ2n) is 5.74. The van der Waals surface area contributed by atoms with Crippen molar-refractivity contribution >= 4 is 21.5 Å². The monoisotopic (exact) mass is 312 g/mol. The van der Waals surface area contributed by atoms with E-state index in [1.54, 1.807) is 0 Å². The lowest BCUT2D eigenvalue weighted by Crippen LogP contribution is -2.27. The van der Waals surface area contributed by atoms with Gasteiger partial charge in [0.05, 0.1) is 5.75 Å². The summed E-state index contributed by atoms with van der Waals surface area (Å²) in [6.45, 7) is 5.24. The van der Waals surface area contributed by atoms with Gasteiger partial charge in [-0.3, -0.25) is 0 Å². The third-order valence-corrected chi connectivity index (χ3v) is 4.51. The van der Waals surface area contributed by atoms with Crippen molar-refractivity contribution in [3.63, 3.8) is 0 Å². The van der Waals surface area contributed by atoms with Crippen molar-refractivity contribution in [2.45, 2.75) is 32.6 Å². The molecule has 0 saturated heterocycles. The zero-order valence-electron chi connectivity index (χ0n) is 13.2. The molecule has 0 aliphatic heterocycles. The number of aromatic nitrogens is 2. The number of hydrogen-bond acceptors (Lipinski definition) is 6. The van der Waals surface area contributed by atoms with Gasteiger partial charge in [-0.25, -0.2) is 18.4 Å². The Hall–Kier alpha value is -1.37. The topological polar surface area (TPSA) is 75.2 Å². The Kier molecular flexibility index (Phi) is 4.70. The zero-order chi connectivity index (χ0) is 15.6. The van der Waals surface area contributed by atoms with Gasteiger partial charge in [0.15, 0.2) is 0 Å². The van der Waals surface area contributed by atoms with Crippen molar-refractivity contribution in [1.29, 1.82) is 0 Å². The number of anilines is 2. The van der Waals surface area contributed by atoms with Gasteiger partial charge in [-0.2, -0.15) is 0 Å². The van der Waals surface area contributed by atoms with E-state index in [2.05, 4.69) is 15.3 Å². The molecule has 1 N–H and O–H groups in total. The van der Waals surface area contributed by atoms with Crippen LogP contribution in [0, 0.1) is 6.92 Å². The molecule has 1 saturated carbocycles. The van der Waals surface area contributed by atoms with Gasteiger partial charge in [0.25, 0.3) is 0 Å². The minimum Gasteiger partial charge on any atom is -0.370 e. The standard InChI is InChI=1S/C14H24N4O2S/c1-5-15-12-10(2)14(17-13(16-12)11-6-7-11)18(3)8-9-21(4,19)20/h11H,5-9H2,1-4H3,(H,15,16,17). The number of rotatable bonds is 7. The fraction of sp³-hybridized carbons (Fsp3) is 0.714. The number of nitrogens with one attached hydrogen (secondary N) is 1. The maximum absolute atomic E-state index is 11.3. The van der Waals surface area contributed by atoms with Crippen LogP contribution in [-0.2, 0) is 9.84 Å². The predicted octanol–water partition coefficient (Wildman–Crippen LogP) is 1.58. The van der Waals surface area contributed by atoms with E-state index in [1.165, 1.54) is 6.26 Å². The van der Waals surface area contributed by atoms with E-state index in [0.29, 0.717) is 12.5 Å². The average Bonchev–Trinajstić information content (AvgIpc) is 3.22. The molecular formula is C14H24N4O2S. The molecule has 1 aromatic rings. The Balaban J connectivity index is 2.27. The van der Waals surface area contributed by atoms with E-state index in [1.807, 2.05) is 25.8 Å². The summed E-state index contributed by atoms with van der Waals surface area (Å²) < 4.78 is 22.7. The fourth-order valence-electron chi connectivity index (χ4n) is 2.17. The van der Waals surface area contributed by atoms with Crippen LogP contribution in [0.25, 0.3) is 0 Å². The van der Waals surface area contributed by atoms with E-state index in [4.69, 9.17) is 0 Å². The van der Waals surface area contributed by atoms with Crippen LogP contribution in [0.3, 0.4) is 0 Å². The minimum absolute atomic E-state index is 0.127. The summed E-state index contributed by atoms with van der Waals surface area (Å²) in [5.74, 6) is 3.15. The van der Waals surface area contributed by atoms with Gasteiger partial charge < -0.3 is 10.2 Å².